The van der Waals surface area contributed by atoms with Gasteiger partial charge in [-0.05, 0) is 6.42 Å². The normalized spacial score (nSPS) is 25.7. The van der Waals surface area contributed by atoms with Crippen LogP contribution in [0.1, 0.15) is 13.3 Å². The van der Waals surface area contributed by atoms with Crippen LogP contribution in [0.4, 0.5) is 0 Å². The number of piperidine rings is 1. The lowest BCUT2D eigenvalue weighted by Gasteiger charge is -2.27. The molecule has 0 bridgehead atoms. The maximum Gasteiger partial charge on any atom is 0.307 e. The van der Waals surface area contributed by atoms with Crippen molar-refractivity contribution >= 4 is 15.8 Å². The molecule has 100 valence electrons. The molecule has 1 heterocycles. The zero-order valence-electron chi connectivity index (χ0n) is 9.89. The van der Waals surface area contributed by atoms with Crippen LogP contribution in [0.5, 0.6) is 0 Å². The minimum atomic E-state index is -3.01. The first-order valence-electron chi connectivity index (χ1n) is 5.70. The van der Waals surface area contributed by atoms with Crippen LogP contribution in [0.3, 0.4) is 0 Å². The van der Waals surface area contributed by atoms with Gasteiger partial charge >= 0.3 is 5.97 Å². The molecule has 0 spiro atoms. The van der Waals surface area contributed by atoms with E-state index < -0.39 is 21.7 Å². The van der Waals surface area contributed by atoms with E-state index in [0.29, 0.717) is 19.5 Å². The quantitative estimate of drug-likeness (QED) is 0.672. The molecule has 6 nitrogen and oxygen atoms in total. The molecule has 0 aliphatic carbocycles. The van der Waals surface area contributed by atoms with Gasteiger partial charge in [-0.25, -0.2) is 8.42 Å². The minimum absolute atomic E-state index is 0.00224. The van der Waals surface area contributed by atoms with E-state index in [9.17, 15) is 13.2 Å². The lowest BCUT2D eigenvalue weighted by atomic mass is 9.98. The molecule has 0 aromatic rings. The molecule has 0 radical (unpaired) electrons. The zero-order valence-corrected chi connectivity index (χ0v) is 10.7. The summed E-state index contributed by atoms with van der Waals surface area (Å²) < 4.78 is 27.8. The van der Waals surface area contributed by atoms with Crippen molar-refractivity contribution in [2.45, 2.75) is 19.4 Å². The number of nitrogens with one attached hydrogen (secondary N) is 1. The molecule has 1 fully saturated rings. The van der Waals surface area contributed by atoms with Gasteiger partial charge in [0.15, 0.2) is 9.84 Å². The third-order valence-electron chi connectivity index (χ3n) is 2.85. The SMILES string of the molecule is CCS(=O)(=O)CCOC1CNCC(C(=O)O)C1. The summed E-state index contributed by atoms with van der Waals surface area (Å²) in [5.74, 6) is -1.18. The second kappa shape index (κ2) is 6.32. The van der Waals surface area contributed by atoms with E-state index in [1.165, 1.54) is 0 Å². The third kappa shape index (κ3) is 5.01. The number of rotatable bonds is 6. The largest absolute Gasteiger partial charge is 0.481 e. The first-order chi connectivity index (χ1) is 7.94. The summed E-state index contributed by atoms with van der Waals surface area (Å²) >= 11 is 0. The van der Waals surface area contributed by atoms with Crippen molar-refractivity contribution in [1.29, 1.82) is 0 Å². The van der Waals surface area contributed by atoms with E-state index in [-0.39, 0.29) is 24.2 Å². The molecule has 0 aromatic heterocycles. The number of hydrogen-bond acceptors (Lipinski definition) is 5. The van der Waals surface area contributed by atoms with E-state index in [0.717, 1.165) is 0 Å². The Morgan fingerprint density at radius 2 is 2.18 bits per heavy atom. The Labute approximate surface area is 101 Å². The Bertz CT molecular complexity index is 354. The van der Waals surface area contributed by atoms with Gasteiger partial charge in [0.05, 0.1) is 24.4 Å². The van der Waals surface area contributed by atoms with Gasteiger partial charge in [-0.15, -0.1) is 0 Å². The Morgan fingerprint density at radius 1 is 1.47 bits per heavy atom. The van der Waals surface area contributed by atoms with E-state index >= 15 is 0 Å². The predicted molar refractivity (Wildman–Crippen MR) is 62.7 cm³/mol. The fraction of sp³-hybridized carbons (Fsp3) is 0.900. The number of sulfone groups is 1. The first-order valence-corrected chi connectivity index (χ1v) is 7.52. The summed E-state index contributed by atoms with van der Waals surface area (Å²) in [5, 5.41) is 11.8. The van der Waals surface area contributed by atoms with Crippen LogP contribution in [-0.4, -0.2) is 56.8 Å². The van der Waals surface area contributed by atoms with E-state index in [1.54, 1.807) is 6.92 Å². The van der Waals surface area contributed by atoms with Gasteiger partial charge in [-0.1, -0.05) is 6.92 Å². The summed E-state index contributed by atoms with van der Waals surface area (Å²) in [5.41, 5.74) is 0. The van der Waals surface area contributed by atoms with Crippen molar-refractivity contribution in [2.75, 3.05) is 31.2 Å². The van der Waals surface area contributed by atoms with Crippen LogP contribution < -0.4 is 5.32 Å². The van der Waals surface area contributed by atoms with Crippen LogP contribution in [0.25, 0.3) is 0 Å². The Hall–Kier alpha value is -0.660. The number of ether oxygens (including phenoxy) is 1. The zero-order chi connectivity index (χ0) is 12.9. The van der Waals surface area contributed by atoms with Crippen molar-refractivity contribution in [2.24, 2.45) is 5.92 Å². The summed E-state index contributed by atoms with van der Waals surface area (Å²) in [6, 6.07) is 0. The average Bonchev–Trinajstić information content (AvgIpc) is 2.29. The molecule has 1 rings (SSSR count). The molecule has 0 saturated carbocycles. The van der Waals surface area contributed by atoms with Crippen LogP contribution >= 0.6 is 0 Å². The molecule has 0 aromatic carbocycles. The van der Waals surface area contributed by atoms with E-state index in [4.69, 9.17) is 9.84 Å². The molecule has 0 amide bonds. The van der Waals surface area contributed by atoms with Crippen molar-refractivity contribution in [3.63, 3.8) is 0 Å². The number of carboxylic acid groups (broad SMARTS) is 1. The lowest BCUT2D eigenvalue weighted by Crippen LogP contribution is -2.44. The standard InChI is InChI=1S/C10H19NO5S/c1-2-17(14,15)4-3-16-9-5-8(10(12)13)6-11-7-9/h8-9,11H,2-7H2,1H3,(H,12,13). The van der Waals surface area contributed by atoms with Gasteiger partial charge in [0.2, 0.25) is 0 Å². The van der Waals surface area contributed by atoms with Crippen molar-refractivity contribution < 1.29 is 23.1 Å². The van der Waals surface area contributed by atoms with Crippen LogP contribution in [0, 0.1) is 5.92 Å². The highest BCUT2D eigenvalue weighted by atomic mass is 32.2. The molecule has 7 heteroatoms. The van der Waals surface area contributed by atoms with Gasteiger partial charge in [-0.2, -0.15) is 0 Å². The average molecular weight is 265 g/mol. The third-order valence-corrected chi connectivity index (χ3v) is 4.52. The van der Waals surface area contributed by atoms with Gasteiger partial charge in [0, 0.05) is 18.8 Å². The molecule has 17 heavy (non-hydrogen) atoms. The smallest absolute Gasteiger partial charge is 0.307 e. The minimum Gasteiger partial charge on any atom is -0.481 e. The fourth-order valence-electron chi connectivity index (χ4n) is 1.70. The topological polar surface area (TPSA) is 92.7 Å². The second-order valence-electron chi connectivity index (χ2n) is 4.16. The highest BCUT2D eigenvalue weighted by Crippen LogP contribution is 2.13. The Balaban J connectivity index is 2.30. The maximum absolute atomic E-state index is 11.2. The van der Waals surface area contributed by atoms with E-state index in [2.05, 4.69) is 5.32 Å². The van der Waals surface area contributed by atoms with Gasteiger partial charge in [0.1, 0.15) is 0 Å². The maximum atomic E-state index is 11.2. The summed E-state index contributed by atoms with van der Waals surface area (Å²) in [7, 11) is -3.01. The van der Waals surface area contributed by atoms with Crippen molar-refractivity contribution in [3.05, 3.63) is 0 Å². The number of hydrogen-bond donors (Lipinski definition) is 2. The monoisotopic (exact) mass is 265 g/mol. The number of carbonyl (C=O) groups is 1. The first kappa shape index (κ1) is 14.4. The van der Waals surface area contributed by atoms with Crippen LogP contribution in [0.15, 0.2) is 0 Å². The fourth-order valence-corrected chi connectivity index (χ4v) is 2.34. The van der Waals surface area contributed by atoms with E-state index in [1.807, 2.05) is 0 Å². The molecular formula is C10H19NO5S. The van der Waals surface area contributed by atoms with Crippen LogP contribution in [-0.2, 0) is 19.4 Å². The molecule has 2 unspecified atom stereocenters. The molecule has 2 N–H and O–H groups in total. The van der Waals surface area contributed by atoms with Gasteiger partial charge < -0.3 is 15.2 Å². The summed E-state index contributed by atoms with van der Waals surface area (Å²) in [6.45, 7) is 2.76. The Kier molecular flexibility index (Phi) is 5.35. The summed E-state index contributed by atoms with van der Waals surface area (Å²) in [6.07, 6.45) is 0.228. The van der Waals surface area contributed by atoms with Gasteiger partial charge in [-0.3, -0.25) is 4.79 Å². The van der Waals surface area contributed by atoms with Gasteiger partial charge in [0.25, 0.3) is 0 Å². The van der Waals surface area contributed by atoms with Crippen molar-refractivity contribution in [1.82, 2.24) is 5.32 Å². The predicted octanol–water partition coefficient (Wildman–Crippen LogP) is -0.500. The molecule has 2 atom stereocenters. The molecule has 1 aliphatic heterocycles. The highest BCUT2D eigenvalue weighted by molar-refractivity contribution is 7.91. The molecule has 1 saturated heterocycles. The summed E-state index contributed by atoms with van der Waals surface area (Å²) in [4.78, 5) is 10.8. The highest BCUT2D eigenvalue weighted by Gasteiger charge is 2.27. The Morgan fingerprint density at radius 3 is 2.76 bits per heavy atom. The number of aliphatic carboxylic acids is 1. The van der Waals surface area contributed by atoms with Crippen LogP contribution in [0.2, 0.25) is 0 Å². The second-order valence-corrected chi connectivity index (χ2v) is 6.63. The number of carboxylic acids is 1. The van der Waals surface area contributed by atoms with Crippen molar-refractivity contribution in [3.8, 4) is 0 Å². The lowest BCUT2D eigenvalue weighted by molar-refractivity contribution is -0.144. The molecule has 1 aliphatic rings. The molecular weight excluding hydrogens is 246 g/mol.